The molecular formula is C20H24FN3O2. The minimum atomic E-state index is -0.539. The lowest BCUT2D eigenvalue weighted by atomic mass is 9.98. The van der Waals surface area contributed by atoms with E-state index in [9.17, 15) is 14.0 Å². The molecule has 0 aliphatic rings. The number of halogens is 1. The summed E-state index contributed by atoms with van der Waals surface area (Å²) >= 11 is 0. The lowest BCUT2D eigenvalue weighted by Gasteiger charge is -2.22. The maximum Gasteiger partial charge on any atom is 0.321 e. The maximum atomic E-state index is 13.2. The van der Waals surface area contributed by atoms with E-state index >= 15 is 0 Å². The number of carbonyl (C=O) groups is 2. The number of carbonyl (C=O) groups excluding carboxylic acids is 2. The highest BCUT2D eigenvalue weighted by Gasteiger charge is 2.18. The zero-order valence-electron chi connectivity index (χ0n) is 15.2. The number of nitrogens with one attached hydrogen (secondary N) is 3. The summed E-state index contributed by atoms with van der Waals surface area (Å²) in [5.74, 6) is -0.771. The Morgan fingerprint density at radius 2 is 1.54 bits per heavy atom. The fraction of sp³-hybridized carbons (Fsp3) is 0.300. The summed E-state index contributed by atoms with van der Waals surface area (Å²) in [5.41, 5.74) is 1.33. The molecule has 2 aromatic rings. The lowest BCUT2D eigenvalue weighted by Crippen LogP contribution is -2.50. The molecule has 0 fully saturated rings. The Morgan fingerprint density at radius 3 is 2.12 bits per heavy atom. The van der Waals surface area contributed by atoms with Gasteiger partial charge in [0.1, 0.15) is 5.82 Å². The van der Waals surface area contributed by atoms with Gasteiger partial charge in [-0.25, -0.2) is 9.18 Å². The predicted molar refractivity (Wildman–Crippen MR) is 99.1 cm³/mol. The van der Waals surface area contributed by atoms with Crippen molar-refractivity contribution in [3.8, 4) is 0 Å². The van der Waals surface area contributed by atoms with E-state index in [4.69, 9.17) is 0 Å². The van der Waals surface area contributed by atoms with Gasteiger partial charge in [0.05, 0.1) is 12.6 Å². The molecule has 0 heterocycles. The summed E-state index contributed by atoms with van der Waals surface area (Å²) in [5, 5.41) is 8.08. The first kappa shape index (κ1) is 19.6. The monoisotopic (exact) mass is 357 g/mol. The molecule has 0 spiro atoms. The van der Waals surface area contributed by atoms with Crippen molar-refractivity contribution in [2.45, 2.75) is 32.4 Å². The molecule has 0 bridgehead atoms. The first-order valence-electron chi connectivity index (χ1n) is 8.40. The van der Waals surface area contributed by atoms with Crippen LogP contribution < -0.4 is 16.0 Å². The number of benzene rings is 2. The topological polar surface area (TPSA) is 70.2 Å². The van der Waals surface area contributed by atoms with Gasteiger partial charge in [0.15, 0.2) is 0 Å². The largest absolute Gasteiger partial charge is 0.333 e. The fourth-order valence-corrected chi connectivity index (χ4v) is 2.47. The summed E-state index contributed by atoms with van der Waals surface area (Å²) in [6, 6.07) is 14.8. The highest BCUT2D eigenvalue weighted by molar-refractivity contribution is 5.95. The third kappa shape index (κ3) is 6.29. The van der Waals surface area contributed by atoms with Gasteiger partial charge in [-0.1, -0.05) is 42.5 Å². The molecule has 0 aliphatic carbocycles. The SMILES string of the molecule is CC(C)(C)NC(=O)NC(=O)CNC(c1ccccc1)c1ccc(F)cc1. The molecular weight excluding hydrogens is 333 g/mol. The standard InChI is InChI=1S/C20H24FN3O2/c1-20(2,3)24-19(26)23-17(25)13-22-18(14-7-5-4-6-8-14)15-9-11-16(21)12-10-15/h4-12,18,22H,13H2,1-3H3,(H2,23,24,25,26). The van der Waals surface area contributed by atoms with E-state index in [1.165, 1.54) is 12.1 Å². The summed E-state index contributed by atoms with van der Waals surface area (Å²) < 4.78 is 13.2. The van der Waals surface area contributed by atoms with Crippen molar-refractivity contribution in [1.29, 1.82) is 0 Å². The predicted octanol–water partition coefficient (Wildman–Crippen LogP) is 3.13. The van der Waals surface area contributed by atoms with E-state index in [0.717, 1.165) is 11.1 Å². The van der Waals surface area contributed by atoms with Gasteiger partial charge in [-0.15, -0.1) is 0 Å². The molecule has 26 heavy (non-hydrogen) atoms. The molecule has 0 aliphatic heterocycles. The summed E-state index contributed by atoms with van der Waals surface area (Å²) in [6.07, 6.45) is 0. The molecule has 2 aromatic carbocycles. The number of rotatable bonds is 5. The Labute approximate surface area is 153 Å². The Kier molecular flexibility index (Phi) is 6.46. The summed E-state index contributed by atoms with van der Waals surface area (Å²) in [6.45, 7) is 5.42. The Hall–Kier alpha value is -2.73. The van der Waals surface area contributed by atoms with Gasteiger partial charge in [0.25, 0.3) is 0 Å². The zero-order valence-corrected chi connectivity index (χ0v) is 15.2. The van der Waals surface area contributed by atoms with Gasteiger partial charge in [0.2, 0.25) is 5.91 Å². The molecule has 0 radical (unpaired) electrons. The van der Waals surface area contributed by atoms with Gasteiger partial charge in [-0.3, -0.25) is 15.4 Å². The first-order valence-corrected chi connectivity index (χ1v) is 8.40. The van der Waals surface area contributed by atoms with Gasteiger partial charge < -0.3 is 5.32 Å². The van der Waals surface area contributed by atoms with E-state index < -0.39 is 17.5 Å². The normalized spacial score (nSPS) is 12.3. The average Bonchev–Trinajstić information content (AvgIpc) is 2.55. The third-order valence-corrected chi connectivity index (χ3v) is 3.54. The van der Waals surface area contributed by atoms with Gasteiger partial charge in [-0.2, -0.15) is 0 Å². The fourth-order valence-electron chi connectivity index (χ4n) is 2.47. The number of amides is 3. The molecule has 3 N–H and O–H groups in total. The van der Waals surface area contributed by atoms with E-state index in [1.807, 2.05) is 51.1 Å². The number of hydrogen-bond acceptors (Lipinski definition) is 3. The average molecular weight is 357 g/mol. The zero-order chi connectivity index (χ0) is 19.2. The van der Waals surface area contributed by atoms with Crippen molar-refractivity contribution in [3.63, 3.8) is 0 Å². The van der Waals surface area contributed by atoms with Gasteiger partial charge >= 0.3 is 6.03 Å². The molecule has 1 atom stereocenters. The van der Waals surface area contributed by atoms with Crippen LogP contribution in [-0.2, 0) is 4.79 Å². The van der Waals surface area contributed by atoms with Crippen LogP contribution in [0, 0.1) is 5.82 Å². The van der Waals surface area contributed by atoms with Crippen LogP contribution >= 0.6 is 0 Å². The van der Waals surface area contributed by atoms with Crippen LogP contribution in [-0.4, -0.2) is 24.0 Å². The quantitative estimate of drug-likeness (QED) is 0.770. The van der Waals surface area contributed by atoms with E-state index in [-0.39, 0.29) is 18.4 Å². The van der Waals surface area contributed by atoms with Crippen LogP contribution in [0.3, 0.4) is 0 Å². The van der Waals surface area contributed by atoms with Crippen LogP contribution in [0.4, 0.5) is 9.18 Å². The van der Waals surface area contributed by atoms with Crippen molar-refractivity contribution in [2.75, 3.05) is 6.54 Å². The third-order valence-electron chi connectivity index (χ3n) is 3.54. The van der Waals surface area contributed by atoms with E-state index in [1.54, 1.807) is 12.1 Å². The summed E-state index contributed by atoms with van der Waals surface area (Å²) in [4.78, 5) is 23.8. The van der Waals surface area contributed by atoms with Crippen molar-refractivity contribution in [1.82, 2.24) is 16.0 Å². The van der Waals surface area contributed by atoms with Crippen molar-refractivity contribution >= 4 is 11.9 Å². The maximum absolute atomic E-state index is 13.2. The van der Waals surface area contributed by atoms with Crippen LogP contribution in [0.5, 0.6) is 0 Å². The summed E-state index contributed by atoms with van der Waals surface area (Å²) in [7, 11) is 0. The smallest absolute Gasteiger partial charge is 0.321 e. The molecule has 2 rings (SSSR count). The highest BCUT2D eigenvalue weighted by Crippen LogP contribution is 2.22. The molecule has 0 saturated heterocycles. The number of hydrogen-bond donors (Lipinski definition) is 3. The molecule has 6 heteroatoms. The minimum Gasteiger partial charge on any atom is -0.333 e. The molecule has 0 aromatic heterocycles. The van der Waals surface area contributed by atoms with Crippen molar-refractivity contribution in [3.05, 3.63) is 71.5 Å². The molecule has 3 amide bonds. The second-order valence-electron chi connectivity index (χ2n) is 7.03. The van der Waals surface area contributed by atoms with Gasteiger partial charge in [0, 0.05) is 5.54 Å². The molecule has 0 saturated carbocycles. The lowest BCUT2D eigenvalue weighted by molar-refractivity contribution is -0.119. The number of urea groups is 1. The van der Waals surface area contributed by atoms with Crippen LogP contribution in [0.1, 0.15) is 37.9 Å². The van der Waals surface area contributed by atoms with Gasteiger partial charge in [-0.05, 0) is 44.0 Å². The Morgan fingerprint density at radius 1 is 0.962 bits per heavy atom. The van der Waals surface area contributed by atoms with Crippen molar-refractivity contribution < 1.29 is 14.0 Å². The second kappa shape index (κ2) is 8.58. The van der Waals surface area contributed by atoms with E-state index in [0.29, 0.717) is 0 Å². The molecule has 1 unspecified atom stereocenters. The van der Waals surface area contributed by atoms with Crippen molar-refractivity contribution in [2.24, 2.45) is 0 Å². The van der Waals surface area contributed by atoms with Crippen LogP contribution in [0.25, 0.3) is 0 Å². The Balaban J connectivity index is 2.04. The van der Waals surface area contributed by atoms with Crippen LogP contribution in [0.15, 0.2) is 54.6 Å². The molecule has 5 nitrogen and oxygen atoms in total. The minimum absolute atomic E-state index is 0.0610. The second-order valence-corrected chi connectivity index (χ2v) is 7.03. The first-order chi connectivity index (χ1) is 12.2. The Bertz CT molecular complexity index is 740. The van der Waals surface area contributed by atoms with E-state index in [2.05, 4.69) is 16.0 Å². The molecule has 138 valence electrons. The van der Waals surface area contributed by atoms with Crippen LogP contribution in [0.2, 0.25) is 0 Å². The number of imide groups is 1. The highest BCUT2D eigenvalue weighted by atomic mass is 19.1.